The Bertz CT molecular complexity index is 529. The number of alkyl halides is 2. The van der Waals surface area contributed by atoms with E-state index in [1.807, 2.05) is 12.3 Å². The van der Waals surface area contributed by atoms with Crippen LogP contribution in [0.15, 0.2) is 11.7 Å². The number of rotatable bonds is 4. The molecule has 2 rings (SSSR count). The van der Waals surface area contributed by atoms with Crippen LogP contribution < -0.4 is 5.32 Å². The number of aryl methyl sites for hydroxylation is 1. The zero-order valence-electron chi connectivity index (χ0n) is 9.07. The van der Waals surface area contributed by atoms with Gasteiger partial charge in [0.2, 0.25) is 0 Å². The number of thiophene rings is 1. The van der Waals surface area contributed by atoms with Gasteiger partial charge >= 0.3 is 0 Å². The molecule has 0 radical (unpaired) electrons. The largest absolute Gasteiger partial charge is 0.390 e. The van der Waals surface area contributed by atoms with Crippen molar-refractivity contribution in [1.82, 2.24) is 9.97 Å². The van der Waals surface area contributed by atoms with Crippen molar-refractivity contribution in [2.45, 2.75) is 12.8 Å². The molecule has 0 saturated carbocycles. The van der Waals surface area contributed by atoms with Crippen LogP contribution in [0.2, 0.25) is 0 Å². The maximum absolute atomic E-state index is 12.9. The third kappa shape index (κ3) is 2.50. The lowest BCUT2D eigenvalue weighted by molar-refractivity contribution is -0.0373. The summed E-state index contributed by atoms with van der Waals surface area (Å²) in [5, 5.41) is 12.9. The third-order valence-corrected chi connectivity index (χ3v) is 3.37. The van der Waals surface area contributed by atoms with Crippen LogP contribution in [-0.2, 0) is 0 Å². The molecule has 0 fully saturated rings. The topological polar surface area (TPSA) is 58.0 Å². The first-order valence-corrected chi connectivity index (χ1v) is 5.83. The number of nitrogens with one attached hydrogen (secondary N) is 1. The molecule has 0 aromatic carbocycles. The Hall–Kier alpha value is -1.34. The molecule has 92 valence electrons. The summed E-state index contributed by atoms with van der Waals surface area (Å²) in [6, 6.07) is 0. The van der Waals surface area contributed by atoms with Crippen LogP contribution in [0.3, 0.4) is 0 Å². The number of fused-ring (bicyclic) bond motifs is 1. The number of halogens is 2. The number of hydrogen-bond acceptors (Lipinski definition) is 5. The van der Waals surface area contributed by atoms with E-state index in [0.717, 1.165) is 15.8 Å². The van der Waals surface area contributed by atoms with Crippen LogP contribution in [-0.4, -0.2) is 34.1 Å². The van der Waals surface area contributed by atoms with Gasteiger partial charge < -0.3 is 10.4 Å². The summed E-state index contributed by atoms with van der Waals surface area (Å²) in [7, 11) is 0. The first-order valence-electron chi connectivity index (χ1n) is 4.95. The Morgan fingerprint density at radius 1 is 1.47 bits per heavy atom. The van der Waals surface area contributed by atoms with E-state index >= 15 is 0 Å². The summed E-state index contributed by atoms with van der Waals surface area (Å²) in [4.78, 5) is 8.02. The number of aliphatic hydroxyl groups is 1. The quantitative estimate of drug-likeness (QED) is 0.882. The van der Waals surface area contributed by atoms with Crippen molar-refractivity contribution in [3.05, 3.63) is 17.3 Å². The van der Waals surface area contributed by atoms with Crippen molar-refractivity contribution in [2.75, 3.05) is 18.5 Å². The van der Waals surface area contributed by atoms with E-state index in [2.05, 4.69) is 15.3 Å². The molecule has 0 aliphatic rings. The number of aliphatic hydroxyl groups excluding tert-OH is 1. The average molecular weight is 259 g/mol. The zero-order chi connectivity index (χ0) is 12.5. The molecule has 0 amide bonds. The molecule has 0 aliphatic heterocycles. The smallest absolute Gasteiger partial charge is 0.287 e. The molecular weight excluding hydrogens is 248 g/mol. The van der Waals surface area contributed by atoms with E-state index in [9.17, 15) is 8.78 Å². The lowest BCUT2D eigenvalue weighted by atomic mass is 10.3. The van der Waals surface area contributed by atoms with E-state index in [1.165, 1.54) is 17.7 Å². The van der Waals surface area contributed by atoms with Gasteiger partial charge in [0.1, 0.15) is 18.8 Å². The van der Waals surface area contributed by atoms with Gasteiger partial charge in [0.15, 0.2) is 0 Å². The van der Waals surface area contributed by atoms with Crippen LogP contribution in [0.25, 0.3) is 10.2 Å². The Morgan fingerprint density at radius 2 is 2.24 bits per heavy atom. The molecule has 17 heavy (non-hydrogen) atoms. The maximum Gasteiger partial charge on any atom is 0.287 e. The van der Waals surface area contributed by atoms with Crippen molar-refractivity contribution in [2.24, 2.45) is 0 Å². The predicted octanol–water partition coefficient (Wildman–Crippen LogP) is 2.04. The first-order chi connectivity index (χ1) is 8.03. The minimum atomic E-state index is -3.15. The SMILES string of the molecule is Cc1csc2c(NCC(F)(F)CO)ncnc12. The zero-order valence-corrected chi connectivity index (χ0v) is 9.89. The fourth-order valence-corrected chi connectivity index (χ4v) is 2.33. The monoisotopic (exact) mass is 259 g/mol. The van der Waals surface area contributed by atoms with E-state index in [0.29, 0.717) is 5.82 Å². The van der Waals surface area contributed by atoms with E-state index in [1.54, 1.807) is 0 Å². The maximum atomic E-state index is 12.9. The van der Waals surface area contributed by atoms with Crippen LogP contribution in [0.5, 0.6) is 0 Å². The third-order valence-electron chi connectivity index (χ3n) is 2.28. The van der Waals surface area contributed by atoms with Crippen LogP contribution >= 0.6 is 11.3 Å². The van der Waals surface area contributed by atoms with Crippen molar-refractivity contribution in [3.63, 3.8) is 0 Å². The fraction of sp³-hybridized carbons (Fsp3) is 0.400. The van der Waals surface area contributed by atoms with E-state index in [4.69, 9.17) is 5.11 Å². The normalized spacial score (nSPS) is 12.0. The van der Waals surface area contributed by atoms with Crippen LogP contribution in [0, 0.1) is 6.92 Å². The predicted molar refractivity (Wildman–Crippen MR) is 62.7 cm³/mol. The number of aromatic nitrogens is 2. The van der Waals surface area contributed by atoms with E-state index in [-0.39, 0.29) is 0 Å². The van der Waals surface area contributed by atoms with Crippen LogP contribution in [0.4, 0.5) is 14.6 Å². The van der Waals surface area contributed by atoms with Crippen molar-refractivity contribution < 1.29 is 13.9 Å². The summed E-state index contributed by atoms with van der Waals surface area (Å²) in [5.41, 5.74) is 1.75. The van der Waals surface area contributed by atoms with Crippen molar-refractivity contribution in [1.29, 1.82) is 0 Å². The molecule has 7 heteroatoms. The Labute approximate surface area is 100 Å². The highest BCUT2D eigenvalue weighted by Gasteiger charge is 2.27. The Morgan fingerprint density at radius 3 is 2.94 bits per heavy atom. The van der Waals surface area contributed by atoms with Crippen molar-refractivity contribution >= 4 is 27.4 Å². The summed E-state index contributed by atoms with van der Waals surface area (Å²) < 4.78 is 26.5. The van der Waals surface area contributed by atoms with Gasteiger partial charge in [-0.15, -0.1) is 11.3 Å². The second-order valence-electron chi connectivity index (χ2n) is 3.69. The highest BCUT2D eigenvalue weighted by atomic mass is 32.1. The molecule has 2 aromatic rings. The molecule has 4 nitrogen and oxygen atoms in total. The van der Waals surface area contributed by atoms with Gasteiger partial charge in [0.25, 0.3) is 5.92 Å². The molecule has 2 aromatic heterocycles. The van der Waals surface area contributed by atoms with Gasteiger partial charge in [-0.1, -0.05) is 0 Å². The van der Waals surface area contributed by atoms with Crippen LogP contribution in [0.1, 0.15) is 5.56 Å². The molecule has 0 aliphatic carbocycles. The molecule has 2 heterocycles. The van der Waals surface area contributed by atoms with Gasteiger partial charge in [-0.25, -0.2) is 18.7 Å². The van der Waals surface area contributed by atoms with Crippen molar-refractivity contribution in [3.8, 4) is 0 Å². The van der Waals surface area contributed by atoms with Gasteiger partial charge in [-0.05, 0) is 17.9 Å². The summed E-state index contributed by atoms with van der Waals surface area (Å²) in [6.07, 6.45) is 1.33. The second kappa shape index (κ2) is 4.50. The van der Waals surface area contributed by atoms with Gasteiger partial charge in [0, 0.05) is 0 Å². The van der Waals surface area contributed by atoms with E-state index < -0.39 is 19.1 Å². The van der Waals surface area contributed by atoms with Gasteiger partial charge in [-0.2, -0.15) is 0 Å². The fourth-order valence-electron chi connectivity index (χ4n) is 1.36. The highest BCUT2D eigenvalue weighted by molar-refractivity contribution is 7.18. The minimum Gasteiger partial charge on any atom is -0.390 e. The summed E-state index contributed by atoms with van der Waals surface area (Å²) in [5.74, 6) is -2.77. The average Bonchev–Trinajstić information content (AvgIpc) is 2.70. The number of hydrogen-bond donors (Lipinski definition) is 2. The number of anilines is 1. The summed E-state index contributed by atoms with van der Waals surface area (Å²) >= 11 is 1.40. The molecule has 0 bridgehead atoms. The molecule has 0 spiro atoms. The molecule has 2 N–H and O–H groups in total. The number of nitrogens with zero attached hydrogens (tertiary/aromatic N) is 2. The molecule has 0 unspecified atom stereocenters. The summed E-state index contributed by atoms with van der Waals surface area (Å²) in [6.45, 7) is 0.0716. The van der Waals surface area contributed by atoms with Gasteiger partial charge in [0.05, 0.1) is 16.8 Å². The Kier molecular flexibility index (Phi) is 3.21. The minimum absolute atomic E-state index is 0.376. The molecule has 0 atom stereocenters. The standard InChI is InChI=1S/C10H11F2N3OS/c1-6-2-17-8-7(6)14-5-15-9(8)13-3-10(11,12)4-16/h2,5,16H,3-4H2,1H3,(H,13,14,15). The highest BCUT2D eigenvalue weighted by Crippen LogP contribution is 2.28. The molecular formula is C10H11F2N3OS. The lowest BCUT2D eigenvalue weighted by Gasteiger charge is -2.14. The molecule has 0 saturated heterocycles. The first kappa shape index (κ1) is 12.1. The lowest BCUT2D eigenvalue weighted by Crippen LogP contribution is -2.31. The second-order valence-corrected chi connectivity index (χ2v) is 4.57. The van der Waals surface area contributed by atoms with Gasteiger partial charge in [-0.3, -0.25) is 0 Å². The Balaban J connectivity index is 2.25.